The average molecular weight is 323 g/mol. The van der Waals surface area contributed by atoms with E-state index in [2.05, 4.69) is 5.32 Å². The molecule has 0 spiro atoms. The number of nitrogens with zero attached hydrogens (tertiary/aromatic N) is 1. The summed E-state index contributed by atoms with van der Waals surface area (Å²) < 4.78 is 26.2. The molecule has 110 valence electrons. The first-order valence-corrected chi connectivity index (χ1v) is 6.85. The van der Waals surface area contributed by atoms with E-state index in [-0.39, 0.29) is 12.5 Å². The molecule has 1 saturated heterocycles. The number of nitrogens with one attached hydrogen (secondary N) is 1. The van der Waals surface area contributed by atoms with Crippen LogP contribution in [0.5, 0.6) is 0 Å². The molecule has 1 unspecified atom stereocenters. The molecule has 1 aliphatic heterocycles. The number of rotatable bonds is 3. The number of hydrogen-bond donors (Lipinski definition) is 1. The van der Waals surface area contributed by atoms with Crippen molar-refractivity contribution in [3.8, 4) is 0 Å². The van der Waals surface area contributed by atoms with E-state index in [0.717, 1.165) is 0 Å². The Morgan fingerprint density at radius 1 is 1.50 bits per heavy atom. The largest absolute Gasteiger partial charge is 0.340 e. The van der Waals surface area contributed by atoms with Crippen LogP contribution in [0.15, 0.2) is 18.2 Å². The van der Waals surface area contributed by atoms with Gasteiger partial charge in [0, 0.05) is 20.0 Å². The van der Waals surface area contributed by atoms with Crippen LogP contribution in [0, 0.1) is 0 Å². The van der Waals surface area contributed by atoms with Crippen LogP contribution in [-0.4, -0.2) is 36.4 Å². The summed E-state index contributed by atoms with van der Waals surface area (Å²) >= 11 is 11.9. The van der Waals surface area contributed by atoms with Gasteiger partial charge in [0.15, 0.2) is 0 Å². The topological polar surface area (TPSA) is 32.3 Å². The molecule has 1 aliphatic rings. The van der Waals surface area contributed by atoms with Gasteiger partial charge in [-0.15, -0.1) is 0 Å². The molecule has 7 heteroatoms. The lowest BCUT2D eigenvalue weighted by molar-refractivity contribution is -0.132. The normalized spacial score (nSPS) is 20.9. The Bertz CT molecular complexity index is 525. The first kappa shape index (κ1) is 15.5. The predicted molar refractivity (Wildman–Crippen MR) is 74.3 cm³/mol. The van der Waals surface area contributed by atoms with Crippen molar-refractivity contribution in [3.05, 3.63) is 33.8 Å². The molecular formula is C13H14Cl2F2N2O. The Kier molecular flexibility index (Phi) is 4.52. The minimum Gasteiger partial charge on any atom is -0.340 e. The van der Waals surface area contributed by atoms with Crippen molar-refractivity contribution in [2.45, 2.75) is 24.9 Å². The average Bonchev–Trinajstić information content (AvgIpc) is 2.74. The Morgan fingerprint density at radius 3 is 2.80 bits per heavy atom. The maximum atomic E-state index is 13.1. The molecule has 0 bridgehead atoms. The number of halogens is 4. The number of likely N-dealkylation sites (N-methyl/N-ethyl adjacent to an activating group) is 1. The monoisotopic (exact) mass is 322 g/mol. The molecule has 0 saturated carbocycles. The van der Waals surface area contributed by atoms with Gasteiger partial charge in [-0.2, -0.15) is 0 Å². The van der Waals surface area contributed by atoms with E-state index in [4.69, 9.17) is 23.2 Å². The summed E-state index contributed by atoms with van der Waals surface area (Å²) in [4.78, 5) is 13.5. The highest BCUT2D eigenvalue weighted by Gasteiger charge is 2.43. The first-order valence-electron chi connectivity index (χ1n) is 6.09. The highest BCUT2D eigenvalue weighted by molar-refractivity contribution is 6.42. The fourth-order valence-electron chi connectivity index (χ4n) is 2.16. The quantitative estimate of drug-likeness (QED) is 0.928. The number of amides is 1. The number of alkyl halides is 2. The fourth-order valence-corrected chi connectivity index (χ4v) is 2.54. The molecule has 2 rings (SSSR count). The van der Waals surface area contributed by atoms with Gasteiger partial charge in [-0.05, 0) is 11.6 Å². The zero-order chi connectivity index (χ0) is 14.9. The summed E-state index contributed by atoms with van der Waals surface area (Å²) in [6.45, 7) is -0.239. The van der Waals surface area contributed by atoms with E-state index in [1.54, 1.807) is 25.2 Å². The van der Waals surface area contributed by atoms with Crippen LogP contribution in [0.25, 0.3) is 0 Å². The molecule has 1 atom stereocenters. The fraction of sp³-hybridized carbons (Fsp3) is 0.462. The van der Waals surface area contributed by atoms with E-state index >= 15 is 0 Å². The van der Waals surface area contributed by atoms with Crippen molar-refractivity contribution < 1.29 is 13.6 Å². The van der Waals surface area contributed by atoms with Gasteiger partial charge in [-0.25, -0.2) is 8.78 Å². The van der Waals surface area contributed by atoms with Crippen molar-refractivity contribution in [2.24, 2.45) is 0 Å². The Morgan fingerprint density at radius 2 is 2.20 bits per heavy atom. The predicted octanol–water partition coefficient (Wildman–Crippen LogP) is 2.95. The van der Waals surface area contributed by atoms with Crippen LogP contribution in [0.4, 0.5) is 8.78 Å². The summed E-state index contributed by atoms with van der Waals surface area (Å²) in [7, 11) is 1.55. The van der Waals surface area contributed by atoms with Crippen LogP contribution < -0.4 is 5.32 Å². The number of benzene rings is 1. The molecule has 0 aliphatic carbocycles. The van der Waals surface area contributed by atoms with Crippen LogP contribution >= 0.6 is 23.2 Å². The minimum absolute atomic E-state index is 0.224. The van der Waals surface area contributed by atoms with Crippen molar-refractivity contribution in [3.63, 3.8) is 0 Å². The van der Waals surface area contributed by atoms with E-state index in [1.165, 1.54) is 4.90 Å². The second-order valence-corrected chi connectivity index (χ2v) is 5.69. The van der Waals surface area contributed by atoms with Crippen LogP contribution in [-0.2, 0) is 11.3 Å². The lowest BCUT2D eigenvalue weighted by Crippen LogP contribution is -2.41. The molecular weight excluding hydrogens is 309 g/mol. The van der Waals surface area contributed by atoms with Gasteiger partial charge in [-0.3, -0.25) is 10.1 Å². The second-order valence-electron chi connectivity index (χ2n) is 4.90. The standard InChI is InChI=1S/C13H14Cl2F2N2O/c1-19(6-8-3-2-4-9(14)11(8)15)12(20)10-5-13(16,17)7-18-10/h2-4,10,18H,5-7H2,1H3. The van der Waals surface area contributed by atoms with Gasteiger partial charge in [0.25, 0.3) is 5.92 Å². The zero-order valence-corrected chi connectivity index (χ0v) is 12.3. The lowest BCUT2D eigenvalue weighted by atomic mass is 10.1. The number of carbonyl (C=O) groups excluding carboxylic acids is 1. The molecule has 0 aromatic heterocycles. The van der Waals surface area contributed by atoms with Crippen LogP contribution in [0.1, 0.15) is 12.0 Å². The number of hydrogen-bond acceptors (Lipinski definition) is 2. The third kappa shape index (κ3) is 3.40. The van der Waals surface area contributed by atoms with Crippen molar-refractivity contribution in [2.75, 3.05) is 13.6 Å². The molecule has 1 fully saturated rings. The summed E-state index contributed by atoms with van der Waals surface area (Å²) in [5, 5.41) is 3.31. The maximum Gasteiger partial charge on any atom is 0.262 e. The molecule has 1 amide bonds. The number of carbonyl (C=O) groups is 1. The molecule has 20 heavy (non-hydrogen) atoms. The van der Waals surface area contributed by atoms with Gasteiger partial charge in [0.2, 0.25) is 5.91 Å². The Balaban J connectivity index is 2.03. The Labute approximate surface area is 125 Å². The Hall–Kier alpha value is -0.910. The van der Waals surface area contributed by atoms with Crippen LogP contribution in [0.2, 0.25) is 10.0 Å². The van der Waals surface area contributed by atoms with E-state index < -0.39 is 24.9 Å². The van der Waals surface area contributed by atoms with Crippen molar-refractivity contribution in [1.82, 2.24) is 10.2 Å². The highest BCUT2D eigenvalue weighted by atomic mass is 35.5. The van der Waals surface area contributed by atoms with Gasteiger partial charge < -0.3 is 4.90 Å². The maximum absolute atomic E-state index is 13.1. The lowest BCUT2D eigenvalue weighted by Gasteiger charge is -2.21. The van der Waals surface area contributed by atoms with Gasteiger partial charge in [0.1, 0.15) is 0 Å². The summed E-state index contributed by atoms with van der Waals surface area (Å²) in [5.41, 5.74) is 0.680. The smallest absolute Gasteiger partial charge is 0.262 e. The highest BCUT2D eigenvalue weighted by Crippen LogP contribution is 2.28. The third-order valence-electron chi connectivity index (χ3n) is 3.22. The van der Waals surface area contributed by atoms with Gasteiger partial charge in [0.05, 0.1) is 22.6 Å². The van der Waals surface area contributed by atoms with E-state index in [0.29, 0.717) is 15.6 Å². The molecule has 1 aromatic carbocycles. The van der Waals surface area contributed by atoms with E-state index in [9.17, 15) is 13.6 Å². The summed E-state index contributed by atoms with van der Waals surface area (Å²) in [6.07, 6.45) is -0.473. The van der Waals surface area contributed by atoms with Crippen molar-refractivity contribution in [1.29, 1.82) is 0 Å². The molecule has 1 aromatic rings. The van der Waals surface area contributed by atoms with Crippen molar-refractivity contribution >= 4 is 29.1 Å². The SMILES string of the molecule is CN(Cc1cccc(Cl)c1Cl)C(=O)C1CC(F)(F)CN1. The first-order chi connectivity index (χ1) is 9.30. The van der Waals surface area contributed by atoms with E-state index in [1.807, 2.05) is 0 Å². The summed E-state index contributed by atoms with van der Waals surface area (Å²) in [6, 6.07) is 4.26. The molecule has 0 radical (unpaired) electrons. The van der Waals surface area contributed by atoms with Crippen LogP contribution in [0.3, 0.4) is 0 Å². The van der Waals surface area contributed by atoms with Gasteiger partial charge >= 0.3 is 0 Å². The summed E-state index contributed by atoms with van der Waals surface area (Å²) in [5.74, 6) is -3.20. The molecule has 1 N–H and O–H groups in total. The minimum atomic E-state index is -2.82. The molecule has 3 nitrogen and oxygen atoms in total. The van der Waals surface area contributed by atoms with Gasteiger partial charge in [-0.1, -0.05) is 35.3 Å². The zero-order valence-electron chi connectivity index (χ0n) is 10.8. The second kappa shape index (κ2) is 5.84. The third-order valence-corrected chi connectivity index (χ3v) is 4.08. The molecule has 1 heterocycles.